The average molecular weight is 350 g/mol. The van der Waals surface area contributed by atoms with Crippen molar-refractivity contribution in [2.45, 2.75) is 96.0 Å². The molecule has 2 atom stereocenters. The molecule has 25 heavy (non-hydrogen) atoms. The largest absolute Gasteiger partial charge is 0.481 e. The predicted octanol–water partition coefficient (Wildman–Crippen LogP) is 4.65. The van der Waals surface area contributed by atoms with Crippen molar-refractivity contribution in [1.82, 2.24) is 0 Å². The second kappa shape index (κ2) is 10.7. The highest BCUT2D eigenvalue weighted by Gasteiger charge is 2.28. The number of ketones is 1. The Morgan fingerprint density at radius 1 is 1.12 bits per heavy atom. The second-order valence-corrected chi connectivity index (χ2v) is 7.85. The molecular formula is C21H34O4. The molecule has 0 aromatic carbocycles. The highest BCUT2D eigenvalue weighted by molar-refractivity contribution is 5.88. The van der Waals surface area contributed by atoms with Crippen molar-refractivity contribution >= 4 is 11.8 Å². The van der Waals surface area contributed by atoms with E-state index >= 15 is 0 Å². The van der Waals surface area contributed by atoms with E-state index in [2.05, 4.69) is 6.08 Å². The van der Waals surface area contributed by atoms with Crippen molar-refractivity contribution in [2.75, 3.05) is 0 Å². The molecule has 1 unspecified atom stereocenters. The lowest BCUT2D eigenvalue weighted by atomic mass is 9.82. The number of Topliss-reactive ketones (excluding diaryl/α,β-unsaturated/α-hetero) is 1. The van der Waals surface area contributed by atoms with Crippen LogP contribution in [0, 0.1) is 11.8 Å². The van der Waals surface area contributed by atoms with Crippen LogP contribution in [0.4, 0.5) is 0 Å². The number of unbranched alkanes of at least 4 members (excludes halogenated alkanes) is 3. The molecule has 142 valence electrons. The molecule has 0 aromatic rings. The lowest BCUT2D eigenvalue weighted by Gasteiger charge is -2.27. The van der Waals surface area contributed by atoms with Crippen molar-refractivity contribution < 1.29 is 19.8 Å². The summed E-state index contributed by atoms with van der Waals surface area (Å²) >= 11 is 0. The molecule has 1 fully saturated rings. The smallest absolute Gasteiger partial charge is 0.303 e. The number of carbonyl (C=O) groups is 2. The van der Waals surface area contributed by atoms with E-state index in [0.29, 0.717) is 18.1 Å². The van der Waals surface area contributed by atoms with Gasteiger partial charge in [0.2, 0.25) is 0 Å². The van der Waals surface area contributed by atoms with E-state index in [-0.39, 0.29) is 18.4 Å². The molecule has 4 nitrogen and oxygen atoms in total. The molecule has 0 amide bonds. The van der Waals surface area contributed by atoms with Gasteiger partial charge in [-0.1, -0.05) is 50.2 Å². The maximum absolute atomic E-state index is 12.1. The maximum Gasteiger partial charge on any atom is 0.303 e. The minimum Gasteiger partial charge on any atom is -0.481 e. The van der Waals surface area contributed by atoms with Crippen molar-refractivity contribution in [2.24, 2.45) is 11.8 Å². The molecule has 2 aliphatic carbocycles. The lowest BCUT2D eigenvalue weighted by molar-refractivity contribution is -0.137. The van der Waals surface area contributed by atoms with Gasteiger partial charge in [0.15, 0.2) is 0 Å². The normalized spacial score (nSPS) is 22.8. The number of allylic oxidation sites excluding steroid dienone is 2. The van der Waals surface area contributed by atoms with Crippen molar-refractivity contribution in [3.8, 4) is 0 Å². The first-order valence-corrected chi connectivity index (χ1v) is 10.2. The number of aliphatic hydroxyl groups excluding tert-OH is 1. The zero-order chi connectivity index (χ0) is 18.1. The number of rotatable bonds is 11. The van der Waals surface area contributed by atoms with Crippen LogP contribution in [0.25, 0.3) is 0 Å². The summed E-state index contributed by atoms with van der Waals surface area (Å²) in [6, 6.07) is 0. The van der Waals surface area contributed by atoms with Crippen LogP contribution >= 0.6 is 0 Å². The number of aliphatic hydroxyl groups is 1. The van der Waals surface area contributed by atoms with E-state index in [9.17, 15) is 14.7 Å². The Morgan fingerprint density at radius 2 is 1.84 bits per heavy atom. The Labute approximate surface area is 151 Å². The molecule has 2 aliphatic rings. The van der Waals surface area contributed by atoms with Gasteiger partial charge in [-0.3, -0.25) is 9.59 Å². The van der Waals surface area contributed by atoms with Crippen molar-refractivity contribution in [3.63, 3.8) is 0 Å². The quantitative estimate of drug-likeness (QED) is 0.420. The van der Waals surface area contributed by atoms with Gasteiger partial charge in [0.05, 0.1) is 6.10 Å². The van der Waals surface area contributed by atoms with Crippen LogP contribution in [0.5, 0.6) is 0 Å². The van der Waals surface area contributed by atoms with Crippen molar-refractivity contribution in [1.29, 1.82) is 0 Å². The minimum atomic E-state index is -0.729. The first kappa shape index (κ1) is 20.2. The van der Waals surface area contributed by atoms with E-state index in [4.69, 9.17) is 5.11 Å². The Bertz CT molecular complexity index is 463. The molecule has 0 aliphatic heterocycles. The van der Waals surface area contributed by atoms with Gasteiger partial charge < -0.3 is 10.2 Å². The number of carboxylic acid groups (broad SMARTS) is 1. The van der Waals surface area contributed by atoms with Gasteiger partial charge in [-0.05, 0) is 44.4 Å². The Kier molecular flexibility index (Phi) is 8.66. The fourth-order valence-electron chi connectivity index (χ4n) is 4.39. The molecule has 0 spiro atoms. The van der Waals surface area contributed by atoms with Gasteiger partial charge in [0.1, 0.15) is 5.78 Å². The number of hydrogen-bond donors (Lipinski definition) is 2. The predicted molar refractivity (Wildman–Crippen MR) is 98.4 cm³/mol. The Morgan fingerprint density at radius 3 is 2.56 bits per heavy atom. The molecule has 4 heteroatoms. The minimum absolute atomic E-state index is 0.0537. The van der Waals surface area contributed by atoms with Crippen LogP contribution in [-0.4, -0.2) is 28.1 Å². The highest BCUT2D eigenvalue weighted by atomic mass is 16.4. The van der Waals surface area contributed by atoms with Crippen molar-refractivity contribution in [3.05, 3.63) is 11.6 Å². The lowest BCUT2D eigenvalue weighted by Crippen LogP contribution is -2.23. The number of aliphatic carboxylic acids is 1. The molecule has 0 saturated heterocycles. The summed E-state index contributed by atoms with van der Waals surface area (Å²) in [6.45, 7) is 0. The van der Waals surface area contributed by atoms with Crippen LogP contribution in [0.3, 0.4) is 0 Å². The highest BCUT2D eigenvalue weighted by Crippen LogP contribution is 2.34. The SMILES string of the molecule is O=C(O)CCCCCC[C@H]1C(=O)CC=C1CCC(O)C1CCCCC1. The summed E-state index contributed by atoms with van der Waals surface area (Å²) in [6.07, 6.45) is 14.9. The Hall–Kier alpha value is -1.16. The summed E-state index contributed by atoms with van der Waals surface area (Å²) in [5, 5.41) is 19.1. The summed E-state index contributed by atoms with van der Waals surface area (Å²) in [5.74, 6) is 0.109. The van der Waals surface area contributed by atoms with E-state index < -0.39 is 5.97 Å². The standard InChI is InChI=1S/C21H34O4/c22-19(17-8-4-3-5-9-17)14-12-16-13-15-20(23)18(16)10-6-1-2-7-11-21(24)25/h13,17-19,22H,1-12,14-15H2,(H,24,25)/t18-,19?/m1/s1. The number of hydrogen-bond acceptors (Lipinski definition) is 3. The van der Waals surface area contributed by atoms with Crippen LogP contribution in [0.1, 0.15) is 89.9 Å². The van der Waals surface area contributed by atoms with Crippen LogP contribution in [0.15, 0.2) is 11.6 Å². The van der Waals surface area contributed by atoms with E-state index in [1.165, 1.54) is 24.8 Å². The van der Waals surface area contributed by atoms with Gasteiger partial charge in [-0.15, -0.1) is 0 Å². The van der Waals surface area contributed by atoms with E-state index in [1.807, 2.05) is 0 Å². The van der Waals surface area contributed by atoms with Gasteiger partial charge in [-0.2, -0.15) is 0 Å². The average Bonchev–Trinajstić information content (AvgIpc) is 2.96. The first-order valence-electron chi connectivity index (χ1n) is 10.2. The molecule has 2 N–H and O–H groups in total. The maximum atomic E-state index is 12.1. The molecule has 2 rings (SSSR count). The van der Waals surface area contributed by atoms with Crippen LogP contribution in [-0.2, 0) is 9.59 Å². The molecular weight excluding hydrogens is 316 g/mol. The molecule has 1 saturated carbocycles. The topological polar surface area (TPSA) is 74.6 Å². The summed E-state index contributed by atoms with van der Waals surface area (Å²) in [7, 11) is 0. The number of carbonyl (C=O) groups excluding carboxylic acids is 1. The third-order valence-electron chi connectivity index (χ3n) is 5.96. The molecule has 0 bridgehead atoms. The molecule has 0 heterocycles. The van der Waals surface area contributed by atoms with E-state index in [0.717, 1.165) is 57.8 Å². The molecule has 0 radical (unpaired) electrons. The summed E-state index contributed by atoms with van der Waals surface area (Å²) in [5.41, 5.74) is 1.24. The van der Waals surface area contributed by atoms with Crippen LogP contribution < -0.4 is 0 Å². The van der Waals surface area contributed by atoms with Gasteiger partial charge in [-0.25, -0.2) is 0 Å². The third kappa shape index (κ3) is 6.93. The fourth-order valence-corrected chi connectivity index (χ4v) is 4.39. The molecule has 0 aromatic heterocycles. The first-order chi connectivity index (χ1) is 12.1. The van der Waals surface area contributed by atoms with E-state index in [1.54, 1.807) is 0 Å². The summed E-state index contributed by atoms with van der Waals surface area (Å²) in [4.78, 5) is 22.6. The Balaban J connectivity index is 1.66. The van der Waals surface area contributed by atoms with Gasteiger partial charge in [0.25, 0.3) is 0 Å². The van der Waals surface area contributed by atoms with Crippen LogP contribution in [0.2, 0.25) is 0 Å². The third-order valence-corrected chi connectivity index (χ3v) is 5.96. The zero-order valence-corrected chi connectivity index (χ0v) is 15.4. The second-order valence-electron chi connectivity index (χ2n) is 7.85. The fraction of sp³-hybridized carbons (Fsp3) is 0.810. The van der Waals surface area contributed by atoms with Gasteiger partial charge in [0, 0.05) is 18.8 Å². The monoisotopic (exact) mass is 350 g/mol. The van der Waals surface area contributed by atoms with Gasteiger partial charge >= 0.3 is 5.97 Å². The zero-order valence-electron chi connectivity index (χ0n) is 15.4. The summed E-state index contributed by atoms with van der Waals surface area (Å²) < 4.78 is 0. The number of carboxylic acids is 1.